The first kappa shape index (κ1) is 4.06. The van der Waals surface area contributed by atoms with Crippen LogP contribution in [0.4, 0.5) is 0 Å². The fourth-order valence-electron chi connectivity index (χ4n) is 0.411. The molecular formula is C3H4BN3. The van der Waals surface area contributed by atoms with Gasteiger partial charge in [-0.1, -0.05) is 0 Å². The van der Waals surface area contributed by atoms with E-state index in [4.69, 9.17) is 5.26 Å². The lowest BCUT2D eigenvalue weighted by Gasteiger charge is -1.89. The van der Waals surface area contributed by atoms with Gasteiger partial charge in [-0.15, -0.1) is 0 Å². The molecule has 4 heteroatoms. The van der Waals surface area contributed by atoms with Crippen molar-refractivity contribution in [1.82, 2.24) is 10.5 Å². The molecule has 1 rings (SSSR count). The van der Waals surface area contributed by atoms with Gasteiger partial charge in [-0.2, -0.15) is 0 Å². The first-order valence-electron chi connectivity index (χ1n) is 2.00. The molecule has 0 aromatic rings. The third kappa shape index (κ3) is 0.658. The minimum Gasteiger partial charge on any atom is -0.402 e. The van der Waals surface area contributed by atoms with E-state index in [2.05, 4.69) is 10.5 Å². The van der Waals surface area contributed by atoms with E-state index in [1.165, 1.54) is 0 Å². The molecule has 1 heterocycles. The summed E-state index contributed by atoms with van der Waals surface area (Å²) in [5, 5.41) is 13.7. The normalized spacial score (nSPS) is 15.0. The molecule has 0 saturated heterocycles. The summed E-state index contributed by atoms with van der Waals surface area (Å²) in [6.45, 7) is -0.208. The summed E-state index contributed by atoms with van der Waals surface area (Å²) in [6.07, 6.45) is 3.40. The van der Waals surface area contributed by atoms with Crippen LogP contribution in [0.3, 0.4) is 0 Å². The van der Waals surface area contributed by atoms with Crippen LogP contribution in [0.25, 0.3) is 0 Å². The second-order valence-electron chi connectivity index (χ2n) is 1.23. The van der Waals surface area contributed by atoms with Gasteiger partial charge in [0.15, 0.2) is 0 Å². The highest BCUT2D eigenvalue weighted by atomic mass is 15.0. The molecule has 0 aliphatic carbocycles. The molecule has 0 aromatic carbocycles. The van der Waals surface area contributed by atoms with Gasteiger partial charge >= 0.3 is 6.98 Å². The first-order valence-corrected chi connectivity index (χ1v) is 2.00. The molecule has 7 heavy (non-hydrogen) atoms. The fourth-order valence-corrected chi connectivity index (χ4v) is 0.411. The summed E-state index contributed by atoms with van der Waals surface area (Å²) in [5.74, 6) is 1.98. The molecule has 0 bridgehead atoms. The third-order valence-corrected chi connectivity index (χ3v) is 0.738. The van der Waals surface area contributed by atoms with Gasteiger partial charge in [-0.05, 0) is 0 Å². The van der Waals surface area contributed by atoms with E-state index in [1.807, 2.05) is 5.97 Å². The number of hydrogen-bond acceptors (Lipinski definition) is 3. The smallest absolute Gasteiger partial charge is 0.402 e. The van der Waals surface area contributed by atoms with Crippen molar-refractivity contribution in [3.8, 4) is 5.97 Å². The van der Waals surface area contributed by atoms with E-state index in [0.29, 0.717) is 0 Å². The highest BCUT2D eigenvalue weighted by Gasteiger charge is 2.12. The van der Waals surface area contributed by atoms with Crippen LogP contribution in [0, 0.1) is 11.2 Å². The van der Waals surface area contributed by atoms with E-state index in [1.54, 1.807) is 12.4 Å². The van der Waals surface area contributed by atoms with Crippen molar-refractivity contribution in [2.24, 2.45) is 0 Å². The third-order valence-electron chi connectivity index (χ3n) is 0.738. The first-order chi connectivity index (χ1) is 3.43. The van der Waals surface area contributed by atoms with Gasteiger partial charge in [0, 0.05) is 12.4 Å². The number of rotatable bonds is 0. The molecule has 1 aliphatic rings. The van der Waals surface area contributed by atoms with Crippen molar-refractivity contribution in [3.05, 3.63) is 12.4 Å². The molecule has 0 aromatic heterocycles. The van der Waals surface area contributed by atoms with Gasteiger partial charge in [-0.25, -0.2) is 5.26 Å². The summed E-state index contributed by atoms with van der Waals surface area (Å²) < 4.78 is 0. The highest BCUT2D eigenvalue weighted by Crippen LogP contribution is 1.76. The number of nitrogens with one attached hydrogen (secondary N) is 2. The fraction of sp³-hybridized carbons (Fsp3) is 0. The van der Waals surface area contributed by atoms with Gasteiger partial charge in [0.05, 0.1) is 5.97 Å². The van der Waals surface area contributed by atoms with Crippen LogP contribution < -0.4 is 10.5 Å². The molecule has 0 saturated carbocycles. The van der Waals surface area contributed by atoms with Crippen molar-refractivity contribution < 1.29 is 0 Å². The van der Waals surface area contributed by atoms with Crippen molar-refractivity contribution in [2.45, 2.75) is 0 Å². The molecule has 0 radical (unpaired) electrons. The minimum absolute atomic E-state index is 0.208. The van der Waals surface area contributed by atoms with Crippen LogP contribution in [0.1, 0.15) is 0 Å². The lowest BCUT2D eigenvalue weighted by molar-refractivity contribution is 1.31. The Morgan fingerprint density at radius 1 is 1.43 bits per heavy atom. The molecule has 0 amide bonds. The summed E-state index contributed by atoms with van der Waals surface area (Å²) in [4.78, 5) is 0. The topological polar surface area (TPSA) is 47.9 Å². The average molecular weight is 92.9 g/mol. The summed E-state index contributed by atoms with van der Waals surface area (Å²) in [7, 11) is 0. The van der Waals surface area contributed by atoms with Gasteiger partial charge in [0.1, 0.15) is 0 Å². The largest absolute Gasteiger partial charge is 0.490 e. The molecule has 0 atom stereocenters. The molecule has 0 fully saturated rings. The number of hydrogen-bond donors (Lipinski definition) is 2. The van der Waals surface area contributed by atoms with Crippen LogP contribution in [-0.2, 0) is 0 Å². The monoisotopic (exact) mass is 93.0 g/mol. The Labute approximate surface area is 42.1 Å². The Kier molecular flexibility index (Phi) is 0.907. The zero-order chi connectivity index (χ0) is 5.11. The second kappa shape index (κ2) is 1.56. The molecule has 1 aliphatic heterocycles. The molecule has 0 spiro atoms. The van der Waals surface area contributed by atoms with E-state index >= 15 is 0 Å². The predicted molar refractivity (Wildman–Crippen MR) is 26.8 cm³/mol. The molecule has 0 unspecified atom stereocenters. The Hall–Kier alpha value is -1.11. The van der Waals surface area contributed by atoms with Crippen molar-refractivity contribution >= 4 is 6.98 Å². The second-order valence-corrected chi connectivity index (χ2v) is 1.23. The quantitative estimate of drug-likeness (QED) is 0.385. The zero-order valence-electron chi connectivity index (χ0n) is 3.68. The SMILES string of the molecule is N#CB1NC=CN1. The molecule has 2 N–H and O–H groups in total. The van der Waals surface area contributed by atoms with Crippen LogP contribution in [0.15, 0.2) is 12.4 Å². The van der Waals surface area contributed by atoms with Crippen LogP contribution in [0.5, 0.6) is 0 Å². The van der Waals surface area contributed by atoms with Crippen molar-refractivity contribution in [2.75, 3.05) is 0 Å². The zero-order valence-corrected chi connectivity index (χ0v) is 3.68. The maximum Gasteiger partial charge on any atom is 0.490 e. The van der Waals surface area contributed by atoms with E-state index in [-0.39, 0.29) is 6.98 Å². The summed E-state index contributed by atoms with van der Waals surface area (Å²) in [6, 6.07) is 0. The molecular weight excluding hydrogens is 88.9 g/mol. The van der Waals surface area contributed by atoms with Crippen LogP contribution in [0.2, 0.25) is 0 Å². The van der Waals surface area contributed by atoms with Gasteiger partial charge in [0.25, 0.3) is 0 Å². The maximum absolute atomic E-state index is 8.15. The lowest BCUT2D eigenvalue weighted by atomic mass is 9.82. The lowest BCUT2D eigenvalue weighted by Crippen LogP contribution is -2.34. The number of nitrogens with zero attached hydrogens (tertiary/aromatic N) is 1. The standard InChI is InChI=1S/C3H4BN3/c5-3-4-6-1-2-7-4/h1-2,6-7H. The van der Waals surface area contributed by atoms with E-state index in [0.717, 1.165) is 0 Å². The van der Waals surface area contributed by atoms with Gasteiger partial charge in [0.2, 0.25) is 0 Å². The summed E-state index contributed by atoms with van der Waals surface area (Å²) in [5.41, 5.74) is 0. The van der Waals surface area contributed by atoms with Crippen LogP contribution in [-0.4, -0.2) is 6.98 Å². The van der Waals surface area contributed by atoms with Gasteiger partial charge < -0.3 is 10.5 Å². The molecule has 34 valence electrons. The van der Waals surface area contributed by atoms with E-state index in [9.17, 15) is 0 Å². The van der Waals surface area contributed by atoms with Crippen molar-refractivity contribution in [3.63, 3.8) is 0 Å². The van der Waals surface area contributed by atoms with Gasteiger partial charge in [-0.3, -0.25) is 0 Å². The molecule has 3 nitrogen and oxygen atoms in total. The van der Waals surface area contributed by atoms with Crippen molar-refractivity contribution in [1.29, 1.82) is 5.26 Å². The highest BCUT2D eigenvalue weighted by molar-refractivity contribution is 6.63. The number of nitriles is 1. The Balaban J connectivity index is 2.39. The maximum atomic E-state index is 8.15. The minimum atomic E-state index is -0.208. The predicted octanol–water partition coefficient (Wildman–Crippen LogP) is -0.799. The Bertz CT molecular complexity index is 117. The summed E-state index contributed by atoms with van der Waals surface area (Å²) >= 11 is 0. The Morgan fingerprint density at radius 2 is 2.00 bits per heavy atom. The Morgan fingerprint density at radius 3 is 2.29 bits per heavy atom. The van der Waals surface area contributed by atoms with E-state index < -0.39 is 0 Å². The average Bonchev–Trinajstić information content (AvgIpc) is 2.14. The van der Waals surface area contributed by atoms with Crippen LogP contribution >= 0.6 is 0 Å².